The maximum atomic E-state index is 12.4. The Morgan fingerprint density at radius 3 is 2.03 bits per heavy atom. The van der Waals surface area contributed by atoms with Crippen molar-refractivity contribution in [3.05, 3.63) is 77.9 Å². The molecule has 206 valence electrons. The third kappa shape index (κ3) is 15.1. The number of carboxylic acid groups (broad SMARTS) is 1. The van der Waals surface area contributed by atoms with Crippen molar-refractivity contribution in [2.45, 2.75) is 73.1 Å². The molecule has 0 aliphatic carbocycles. The van der Waals surface area contributed by atoms with Crippen LogP contribution in [0.25, 0.3) is 11.1 Å². The van der Waals surface area contributed by atoms with Crippen LogP contribution in [0.3, 0.4) is 0 Å². The first kappa shape index (κ1) is 34.8. The molecule has 4 nitrogen and oxygen atoms in total. The summed E-state index contributed by atoms with van der Waals surface area (Å²) in [6.45, 7) is 10.4. The molecule has 38 heavy (non-hydrogen) atoms. The third-order valence-electron chi connectivity index (χ3n) is 5.53. The first-order chi connectivity index (χ1) is 18.3. The summed E-state index contributed by atoms with van der Waals surface area (Å²) in [5.74, 6) is -0.522. The minimum atomic E-state index is -0.895. The molecule has 0 aromatic heterocycles. The quantitative estimate of drug-likeness (QED) is 0.0829. The van der Waals surface area contributed by atoms with Crippen molar-refractivity contribution >= 4 is 29.4 Å². The van der Waals surface area contributed by atoms with Crippen LogP contribution < -0.4 is 4.72 Å². The Balaban J connectivity index is 0.00000117. The molecule has 5 heteroatoms. The van der Waals surface area contributed by atoms with E-state index in [0.29, 0.717) is 12.0 Å². The Morgan fingerprint density at radius 2 is 1.55 bits per heavy atom. The highest BCUT2D eigenvalue weighted by atomic mass is 32.2. The zero-order valence-electron chi connectivity index (χ0n) is 23.7. The number of carbonyl (C=O) groups excluding carboxylic acids is 1. The summed E-state index contributed by atoms with van der Waals surface area (Å²) >= 11 is 1.72. The number of allylic oxidation sites excluding steroid dienone is 4. The van der Waals surface area contributed by atoms with Gasteiger partial charge in [-0.05, 0) is 63.3 Å². The van der Waals surface area contributed by atoms with Gasteiger partial charge in [-0.25, -0.2) is 0 Å². The number of Topliss-reactive ketones (excluding diaryl/α,β-unsaturated/α-hetero) is 1. The van der Waals surface area contributed by atoms with Crippen LogP contribution in [0.4, 0.5) is 5.69 Å². The lowest BCUT2D eigenvalue weighted by molar-refractivity contribution is -0.141. The minimum absolute atomic E-state index is 0.0542. The van der Waals surface area contributed by atoms with Gasteiger partial charge >= 0.3 is 5.97 Å². The van der Waals surface area contributed by atoms with Crippen molar-refractivity contribution in [2.24, 2.45) is 5.92 Å². The second-order valence-electron chi connectivity index (χ2n) is 9.00. The maximum absolute atomic E-state index is 12.4. The van der Waals surface area contributed by atoms with Crippen molar-refractivity contribution in [3.63, 3.8) is 0 Å². The van der Waals surface area contributed by atoms with Crippen LogP contribution in [0.2, 0.25) is 0 Å². The second kappa shape index (κ2) is 21.8. The summed E-state index contributed by atoms with van der Waals surface area (Å²) in [6.07, 6.45) is 19.2. The predicted molar refractivity (Wildman–Crippen MR) is 167 cm³/mol. The Hall–Kier alpha value is -3.23. The molecular weight excluding hydrogens is 490 g/mol. The van der Waals surface area contributed by atoms with Crippen LogP contribution in [0, 0.1) is 18.8 Å². The fraction of sp³-hybridized carbons (Fsp3) is 0.394. The average Bonchev–Trinajstić information content (AvgIpc) is 2.93. The molecule has 2 aromatic rings. The van der Waals surface area contributed by atoms with Gasteiger partial charge in [-0.15, -0.1) is 12.8 Å². The smallest absolute Gasteiger partial charge is 0.306 e. The van der Waals surface area contributed by atoms with Crippen LogP contribution in [-0.4, -0.2) is 22.6 Å². The van der Waals surface area contributed by atoms with Gasteiger partial charge in [-0.3, -0.25) is 9.59 Å². The number of aliphatic carboxylic acids is 1. The summed E-state index contributed by atoms with van der Waals surface area (Å²) in [7, 11) is 0. The Bertz CT molecular complexity index is 1000. The van der Waals surface area contributed by atoms with Crippen molar-refractivity contribution in [1.82, 2.24) is 0 Å². The molecule has 0 amide bonds. The lowest BCUT2D eigenvalue weighted by Crippen LogP contribution is -2.17. The summed E-state index contributed by atoms with van der Waals surface area (Å²) in [5.41, 5.74) is 5.15. The number of carbonyl (C=O) groups is 2. The Morgan fingerprint density at radius 1 is 0.974 bits per heavy atom. The number of unbranched alkanes of at least 4 members (excludes halogenated alkanes) is 1. The lowest BCUT2D eigenvalue weighted by Gasteiger charge is -2.11. The number of nitrogens with one attached hydrogen (secondary N) is 1. The van der Waals surface area contributed by atoms with Crippen molar-refractivity contribution in [1.29, 1.82) is 0 Å². The van der Waals surface area contributed by atoms with Crippen LogP contribution in [0.15, 0.2) is 72.3 Å². The molecule has 0 aliphatic heterocycles. The van der Waals surface area contributed by atoms with Gasteiger partial charge in [0.15, 0.2) is 5.78 Å². The molecule has 1 atom stereocenters. The van der Waals surface area contributed by atoms with Gasteiger partial charge in [-0.2, -0.15) is 0 Å². The molecule has 0 heterocycles. The van der Waals surface area contributed by atoms with Crippen molar-refractivity contribution in [2.75, 3.05) is 10.5 Å². The van der Waals surface area contributed by atoms with E-state index in [1.165, 1.54) is 18.4 Å². The summed E-state index contributed by atoms with van der Waals surface area (Å²) in [6, 6.07) is 15.6. The van der Waals surface area contributed by atoms with E-state index in [-0.39, 0.29) is 12.2 Å². The highest BCUT2D eigenvalue weighted by Crippen LogP contribution is 2.24. The summed E-state index contributed by atoms with van der Waals surface area (Å²) in [4.78, 5) is 23.7. The third-order valence-corrected chi connectivity index (χ3v) is 6.40. The molecule has 2 N–H and O–H groups in total. The topological polar surface area (TPSA) is 66.4 Å². The lowest BCUT2D eigenvalue weighted by atomic mass is 9.93. The molecule has 0 spiro atoms. The maximum Gasteiger partial charge on any atom is 0.306 e. The average molecular weight is 536 g/mol. The fourth-order valence-electron chi connectivity index (χ4n) is 3.37. The molecule has 0 fully saturated rings. The minimum Gasteiger partial charge on any atom is -0.481 e. The molecule has 2 rings (SSSR count). The monoisotopic (exact) mass is 535 g/mol. The van der Waals surface area contributed by atoms with Crippen LogP contribution in [-0.2, 0) is 4.79 Å². The number of benzene rings is 2. The first-order valence-corrected chi connectivity index (χ1v) is 14.2. The highest BCUT2D eigenvalue weighted by Gasteiger charge is 2.21. The summed E-state index contributed by atoms with van der Waals surface area (Å²) in [5, 5.41) is 9.24. The van der Waals surface area contributed by atoms with E-state index in [1.807, 2.05) is 26.0 Å². The number of rotatable bonds is 14. The number of anilines is 1. The molecule has 1 unspecified atom stereocenters. The van der Waals surface area contributed by atoms with Crippen LogP contribution >= 0.6 is 11.9 Å². The number of hydrogen-bond acceptors (Lipinski definition) is 4. The first-order valence-electron chi connectivity index (χ1n) is 13.2. The van der Waals surface area contributed by atoms with E-state index in [1.54, 1.807) is 24.1 Å². The molecule has 0 saturated heterocycles. The van der Waals surface area contributed by atoms with Gasteiger partial charge in [-0.1, -0.05) is 98.8 Å². The van der Waals surface area contributed by atoms with Crippen LogP contribution in [0.1, 0.15) is 83.5 Å². The van der Waals surface area contributed by atoms with Gasteiger partial charge in [0.1, 0.15) is 0 Å². The molecule has 2 aromatic carbocycles. The van der Waals surface area contributed by atoms with E-state index < -0.39 is 11.9 Å². The van der Waals surface area contributed by atoms with Crippen molar-refractivity contribution < 1.29 is 14.7 Å². The zero-order chi connectivity index (χ0) is 28.8. The standard InChI is InChI=1S/C23H29NO3S.C8H14.C2H2/c1-3-5-15-28-24-21-13-11-18(12-14-21)17-7-9-19(10-8-17)22(25)16-20(6-4-2)23(26)27;1-4-5-6-7-8(2)3;1-2/h7-14,20,24H,3-6,15-16H2,1-2H3,(H,26,27);4-5,7H,6H2,1-3H3;1-2H/b;5-4-;. The molecule has 0 bridgehead atoms. The van der Waals surface area contributed by atoms with Gasteiger partial charge in [0.2, 0.25) is 0 Å². The molecule has 0 radical (unpaired) electrons. The van der Waals surface area contributed by atoms with Crippen LogP contribution in [0.5, 0.6) is 0 Å². The number of terminal acetylenes is 1. The zero-order valence-corrected chi connectivity index (χ0v) is 24.5. The van der Waals surface area contributed by atoms with E-state index in [0.717, 1.165) is 35.4 Å². The number of hydrogen-bond donors (Lipinski definition) is 2. The largest absolute Gasteiger partial charge is 0.481 e. The molecule has 0 aliphatic rings. The Kier molecular flexibility index (Phi) is 20.0. The molecule has 0 saturated carbocycles. The highest BCUT2D eigenvalue weighted by molar-refractivity contribution is 8.00. The van der Waals surface area contributed by atoms with Crippen molar-refractivity contribution in [3.8, 4) is 24.0 Å². The van der Waals surface area contributed by atoms with Gasteiger partial charge < -0.3 is 9.83 Å². The van der Waals surface area contributed by atoms with Gasteiger partial charge in [0.05, 0.1) is 5.92 Å². The van der Waals surface area contributed by atoms with E-state index in [9.17, 15) is 14.7 Å². The van der Waals surface area contributed by atoms with Gasteiger partial charge in [0, 0.05) is 23.4 Å². The second-order valence-corrected chi connectivity index (χ2v) is 9.90. The molecular formula is C33H45NO3S. The van der Waals surface area contributed by atoms with E-state index in [2.05, 4.69) is 80.8 Å². The Labute approximate surface area is 235 Å². The van der Waals surface area contributed by atoms with Gasteiger partial charge in [0.25, 0.3) is 0 Å². The van der Waals surface area contributed by atoms with E-state index in [4.69, 9.17) is 0 Å². The number of carboxylic acids is 1. The SMILES string of the molecule is C#C.C/C=C\CC=C(C)C.CCCCSNc1ccc(-c2ccc(C(=O)CC(CCC)C(=O)O)cc2)cc1. The number of ketones is 1. The normalized spacial score (nSPS) is 10.8. The summed E-state index contributed by atoms with van der Waals surface area (Å²) < 4.78 is 3.34. The predicted octanol–water partition coefficient (Wildman–Crippen LogP) is 9.46. The fourth-order valence-corrected chi connectivity index (χ4v) is 4.21. The van der Waals surface area contributed by atoms with E-state index >= 15 is 0 Å².